The van der Waals surface area contributed by atoms with E-state index in [1.165, 1.54) is 12.8 Å². The molecule has 1 nitrogen and oxygen atoms in total. The largest absolute Gasteiger partial charge is 0.315 e. The Morgan fingerprint density at radius 2 is 1.62 bits per heavy atom. The van der Waals surface area contributed by atoms with Gasteiger partial charge in [-0.1, -0.05) is 41.5 Å². The smallest absolute Gasteiger partial charge is 0.00103 e. The lowest BCUT2D eigenvalue weighted by Crippen LogP contribution is -2.28. The van der Waals surface area contributed by atoms with Crippen molar-refractivity contribution in [3.05, 3.63) is 0 Å². The Morgan fingerprint density at radius 3 is 2.00 bits per heavy atom. The van der Waals surface area contributed by atoms with Gasteiger partial charge >= 0.3 is 0 Å². The van der Waals surface area contributed by atoms with Crippen LogP contribution in [0.5, 0.6) is 0 Å². The summed E-state index contributed by atoms with van der Waals surface area (Å²) in [4.78, 5) is 0. The molecule has 0 unspecified atom stereocenters. The summed E-state index contributed by atoms with van der Waals surface area (Å²) in [7, 11) is 0. The molecular weight excluding hydrogens is 158 g/mol. The summed E-state index contributed by atoms with van der Waals surface area (Å²) in [5, 5.41) is 3.47. The number of nitrogens with one attached hydrogen (secondary N) is 1. The van der Waals surface area contributed by atoms with Crippen LogP contribution >= 0.6 is 0 Å². The molecule has 0 aromatic rings. The van der Waals surface area contributed by atoms with Gasteiger partial charge in [-0.25, -0.2) is 0 Å². The van der Waals surface area contributed by atoms with Gasteiger partial charge < -0.3 is 5.32 Å². The first kappa shape index (κ1) is 13.0. The van der Waals surface area contributed by atoms with Crippen molar-refractivity contribution in [1.82, 2.24) is 5.32 Å². The maximum absolute atomic E-state index is 3.47. The lowest BCUT2D eigenvalue weighted by Gasteiger charge is -2.27. The molecule has 0 bridgehead atoms. The quantitative estimate of drug-likeness (QED) is 0.668. The van der Waals surface area contributed by atoms with E-state index in [-0.39, 0.29) is 0 Å². The van der Waals surface area contributed by atoms with Gasteiger partial charge in [0.15, 0.2) is 0 Å². The zero-order chi connectivity index (χ0) is 10.5. The normalized spacial score (nSPS) is 12.9. The van der Waals surface area contributed by atoms with E-state index in [9.17, 15) is 0 Å². The van der Waals surface area contributed by atoms with Crippen LogP contribution < -0.4 is 5.32 Å². The molecule has 0 aromatic carbocycles. The van der Waals surface area contributed by atoms with E-state index in [2.05, 4.69) is 46.9 Å². The molecule has 0 heterocycles. The lowest BCUT2D eigenvalue weighted by molar-refractivity contribution is 0.260. The summed E-state index contributed by atoms with van der Waals surface area (Å²) >= 11 is 0. The molecule has 0 atom stereocenters. The van der Waals surface area contributed by atoms with Crippen molar-refractivity contribution in [1.29, 1.82) is 0 Å². The van der Waals surface area contributed by atoms with Crippen molar-refractivity contribution in [3.63, 3.8) is 0 Å². The van der Waals surface area contributed by atoms with Crippen molar-refractivity contribution < 1.29 is 0 Å². The Hall–Kier alpha value is -0.0400. The second-order valence-corrected chi connectivity index (χ2v) is 5.62. The van der Waals surface area contributed by atoms with E-state index in [1.54, 1.807) is 0 Å². The van der Waals surface area contributed by atoms with Crippen LogP contribution in [-0.2, 0) is 0 Å². The lowest BCUT2D eigenvalue weighted by atomic mass is 9.81. The van der Waals surface area contributed by atoms with Gasteiger partial charge in [-0.3, -0.25) is 0 Å². The fourth-order valence-electron chi connectivity index (χ4n) is 1.91. The molecule has 0 aliphatic carbocycles. The van der Waals surface area contributed by atoms with Gasteiger partial charge in [0.1, 0.15) is 0 Å². The third kappa shape index (κ3) is 8.29. The van der Waals surface area contributed by atoms with E-state index in [1.807, 2.05) is 0 Å². The molecule has 0 saturated carbocycles. The van der Waals surface area contributed by atoms with Crippen LogP contribution in [0.15, 0.2) is 0 Å². The Labute approximate surface area is 84.3 Å². The molecule has 0 aliphatic heterocycles. The van der Waals surface area contributed by atoms with Gasteiger partial charge in [-0.2, -0.15) is 0 Å². The molecular formula is C12H27N. The minimum atomic E-state index is 0.496. The number of rotatable bonds is 6. The minimum absolute atomic E-state index is 0.496. The second-order valence-electron chi connectivity index (χ2n) is 5.62. The van der Waals surface area contributed by atoms with Crippen LogP contribution in [-0.4, -0.2) is 12.6 Å². The van der Waals surface area contributed by atoms with E-state index in [4.69, 9.17) is 0 Å². The Balaban J connectivity index is 3.62. The topological polar surface area (TPSA) is 12.0 Å². The summed E-state index contributed by atoms with van der Waals surface area (Å²) in [6.45, 7) is 14.9. The summed E-state index contributed by atoms with van der Waals surface area (Å²) in [5.74, 6) is 0.814. The highest BCUT2D eigenvalue weighted by Gasteiger charge is 2.18. The molecule has 0 radical (unpaired) electrons. The van der Waals surface area contributed by atoms with Gasteiger partial charge in [0, 0.05) is 6.04 Å². The van der Waals surface area contributed by atoms with E-state index in [0.717, 1.165) is 12.5 Å². The van der Waals surface area contributed by atoms with Crippen molar-refractivity contribution >= 4 is 0 Å². The standard InChI is InChI=1S/C12H27N/c1-10(2)9-12(5,6)7-8-13-11(3)4/h10-11,13H,7-9H2,1-6H3. The number of hydrogen-bond donors (Lipinski definition) is 1. The summed E-state index contributed by atoms with van der Waals surface area (Å²) in [6, 6.07) is 0.620. The average Bonchev–Trinajstić information content (AvgIpc) is 1.81. The molecule has 0 aliphatic rings. The fraction of sp³-hybridized carbons (Fsp3) is 1.00. The molecule has 13 heavy (non-hydrogen) atoms. The molecule has 0 spiro atoms. The molecule has 0 rings (SSSR count). The van der Waals surface area contributed by atoms with Crippen LogP contribution in [0.3, 0.4) is 0 Å². The summed E-state index contributed by atoms with van der Waals surface area (Å²) in [6.07, 6.45) is 2.61. The van der Waals surface area contributed by atoms with Crippen LogP contribution in [0.4, 0.5) is 0 Å². The van der Waals surface area contributed by atoms with Crippen LogP contribution in [0.1, 0.15) is 54.4 Å². The van der Waals surface area contributed by atoms with Crippen LogP contribution in [0, 0.1) is 11.3 Å². The molecule has 80 valence electrons. The monoisotopic (exact) mass is 185 g/mol. The van der Waals surface area contributed by atoms with Crippen molar-refractivity contribution in [3.8, 4) is 0 Å². The predicted molar refractivity (Wildman–Crippen MR) is 61.0 cm³/mol. The highest BCUT2D eigenvalue weighted by atomic mass is 14.9. The molecule has 1 N–H and O–H groups in total. The Morgan fingerprint density at radius 1 is 1.08 bits per heavy atom. The highest BCUT2D eigenvalue weighted by Crippen LogP contribution is 2.28. The first-order valence-electron chi connectivity index (χ1n) is 5.57. The molecule has 0 aromatic heterocycles. The van der Waals surface area contributed by atoms with Crippen molar-refractivity contribution in [2.45, 2.75) is 60.4 Å². The van der Waals surface area contributed by atoms with E-state index < -0.39 is 0 Å². The SMILES string of the molecule is CC(C)CC(C)(C)CCNC(C)C. The molecule has 0 saturated heterocycles. The molecule has 0 fully saturated rings. The first-order valence-corrected chi connectivity index (χ1v) is 5.57. The molecule has 1 heteroatoms. The van der Waals surface area contributed by atoms with Gasteiger partial charge in [0.05, 0.1) is 0 Å². The highest BCUT2D eigenvalue weighted by molar-refractivity contribution is 4.71. The maximum Gasteiger partial charge on any atom is 0.00103 e. The first-order chi connectivity index (χ1) is 5.83. The third-order valence-corrected chi connectivity index (χ3v) is 2.32. The summed E-state index contributed by atoms with van der Waals surface area (Å²) < 4.78 is 0. The van der Waals surface area contributed by atoms with Gasteiger partial charge in [0.2, 0.25) is 0 Å². The van der Waals surface area contributed by atoms with Gasteiger partial charge in [-0.15, -0.1) is 0 Å². The Kier molecular flexibility index (Phi) is 5.62. The van der Waals surface area contributed by atoms with E-state index in [0.29, 0.717) is 11.5 Å². The Bertz CT molecular complexity index is 125. The zero-order valence-electron chi connectivity index (χ0n) is 10.3. The second kappa shape index (κ2) is 5.64. The van der Waals surface area contributed by atoms with Crippen LogP contribution in [0.2, 0.25) is 0 Å². The predicted octanol–water partition coefficient (Wildman–Crippen LogP) is 3.45. The summed E-state index contributed by atoms with van der Waals surface area (Å²) in [5.41, 5.74) is 0.496. The third-order valence-electron chi connectivity index (χ3n) is 2.32. The van der Waals surface area contributed by atoms with Gasteiger partial charge in [0.25, 0.3) is 0 Å². The fourth-order valence-corrected chi connectivity index (χ4v) is 1.91. The average molecular weight is 185 g/mol. The minimum Gasteiger partial charge on any atom is -0.315 e. The maximum atomic E-state index is 3.47. The van der Waals surface area contributed by atoms with E-state index >= 15 is 0 Å². The zero-order valence-corrected chi connectivity index (χ0v) is 10.3. The van der Waals surface area contributed by atoms with Crippen LogP contribution in [0.25, 0.3) is 0 Å². The van der Waals surface area contributed by atoms with Crippen molar-refractivity contribution in [2.75, 3.05) is 6.54 Å². The molecule has 0 amide bonds. The van der Waals surface area contributed by atoms with Crippen molar-refractivity contribution in [2.24, 2.45) is 11.3 Å². The number of hydrogen-bond acceptors (Lipinski definition) is 1. The van der Waals surface area contributed by atoms with Gasteiger partial charge in [-0.05, 0) is 30.7 Å².